The van der Waals surface area contributed by atoms with Gasteiger partial charge in [0, 0.05) is 30.1 Å². The summed E-state index contributed by atoms with van der Waals surface area (Å²) in [6.07, 6.45) is 3.33. The van der Waals surface area contributed by atoms with Crippen LogP contribution in [0.5, 0.6) is 11.5 Å². The summed E-state index contributed by atoms with van der Waals surface area (Å²) >= 11 is 0. The fourth-order valence-electron chi connectivity index (χ4n) is 2.15. The van der Waals surface area contributed by atoms with Gasteiger partial charge in [-0.3, -0.25) is 15.1 Å². The van der Waals surface area contributed by atoms with Crippen molar-refractivity contribution in [2.45, 2.75) is 0 Å². The van der Waals surface area contributed by atoms with Crippen LogP contribution in [0.2, 0.25) is 0 Å². The molecule has 0 spiro atoms. The van der Waals surface area contributed by atoms with E-state index < -0.39 is 0 Å². The molecule has 7 nitrogen and oxygen atoms in total. The molecule has 0 fully saturated rings. The number of ether oxygens (including phenoxy) is 2. The first-order chi connectivity index (χ1) is 11.7. The zero-order valence-electron chi connectivity index (χ0n) is 13.1. The van der Waals surface area contributed by atoms with Gasteiger partial charge >= 0.3 is 0 Å². The van der Waals surface area contributed by atoms with Crippen molar-refractivity contribution in [3.63, 3.8) is 0 Å². The molecule has 0 saturated heterocycles. The highest BCUT2D eigenvalue weighted by Crippen LogP contribution is 2.26. The molecule has 0 bridgehead atoms. The molecule has 122 valence electrons. The molecule has 1 amide bonds. The lowest BCUT2D eigenvalue weighted by Crippen LogP contribution is -2.12. The summed E-state index contributed by atoms with van der Waals surface area (Å²) in [5, 5.41) is 6.57. The van der Waals surface area contributed by atoms with E-state index >= 15 is 0 Å². The Bertz CT molecular complexity index is 846. The Morgan fingerprint density at radius 3 is 2.75 bits per heavy atom. The van der Waals surface area contributed by atoms with E-state index in [0.29, 0.717) is 22.8 Å². The number of hydrogen-bond acceptors (Lipinski definition) is 6. The summed E-state index contributed by atoms with van der Waals surface area (Å²) in [6, 6.07) is 10.2. The van der Waals surface area contributed by atoms with Crippen molar-refractivity contribution in [3.05, 3.63) is 54.4 Å². The Morgan fingerprint density at radius 2 is 2.04 bits per heavy atom. The van der Waals surface area contributed by atoms with E-state index in [0.717, 1.165) is 5.56 Å². The van der Waals surface area contributed by atoms with E-state index in [1.165, 1.54) is 7.11 Å². The van der Waals surface area contributed by atoms with E-state index in [4.69, 9.17) is 14.0 Å². The molecular formula is C17H15N3O4. The van der Waals surface area contributed by atoms with Crippen molar-refractivity contribution in [2.24, 2.45) is 0 Å². The molecule has 0 saturated carbocycles. The highest BCUT2D eigenvalue weighted by atomic mass is 16.5. The average Bonchev–Trinajstić information content (AvgIpc) is 3.10. The number of nitrogens with zero attached hydrogens (tertiary/aromatic N) is 2. The van der Waals surface area contributed by atoms with Crippen LogP contribution in [-0.4, -0.2) is 30.3 Å². The number of amides is 1. The maximum atomic E-state index is 12.4. The van der Waals surface area contributed by atoms with Crippen LogP contribution >= 0.6 is 0 Å². The van der Waals surface area contributed by atoms with Crippen molar-refractivity contribution in [1.82, 2.24) is 10.1 Å². The van der Waals surface area contributed by atoms with Crippen LogP contribution in [0.3, 0.4) is 0 Å². The van der Waals surface area contributed by atoms with Gasteiger partial charge in [-0.2, -0.15) is 0 Å². The van der Waals surface area contributed by atoms with E-state index in [9.17, 15) is 4.79 Å². The lowest BCUT2D eigenvalue weighted by Gasteiger charge is -2.09. The minimum atomic E-state index is -0.372. The number of rotatable bonds is 5. The summed E-state index contributed by atoms with van der Waals surface area (Å²) in [5.41, 5.74) is 1.74. The van der Waals surface area contributed by atoms with Gasteiger partial charge in [-0.15, -0.1) is 0 Å². The minimum absolute atomic E-state index is 0.233. The summed E-state index contributed by atoms with van der Waals surface area (Å²) < 4.78 is 15.5. The van der Waals surface area contributed by atoms with Gasteiger partial charge in [0.2, 0.25) is 5.88 Å². The van der Waals surface area contributed by atoms with Gasteiger partial charge in [0.15, 0.2) is 0 Å². The maximum Gasteiger partial charge on any atom is 0.261 e. The van der Waals surface area contributed by atoms with Gasteiger partial charge in [-0.1, -0.05) is 5.16 Å². The summed E-state index contributed by atoms with van der Waals surface area (Å²) in [5.74, 6) is 0.862. The van der Waals surface area contributed by atoms with Crippen LogP contribution in [-0.2, 0) is 0 Å². The molecule has 2 heterocycles. The first-order valence-corrected chi connectivity index (χ1v) is 7.11. The number of carbonyl (C=O) groups is 1. The quantitative estimate of drug-likeness (QED) is 0.776. The topological polar surface area (TPSA) is 86.5 Å². The number of benzene rings is 1. The first kappa shape index (κ1) is 15.5. The highest BCUT2D eigenvalue weighted by Gasteiger charge is 2.16. The third kappa shape index (κ3) is 3.19. The third-order valence-corrected chi connectivity index (χ3v) is 3.36. The van der Waals surface area contributed by atoms with Crippen molar-refractivity contribution in [2.75, 3.05) is 19.5 Å². The number of methoxy groups -OCH3 is 2. The molecular weight excluding hydrogens is 310 g/mol. The molecule has 0 atom stereocenters. The highest BCUT2D eigenvalue weighted by molar-refractivity contribution is 6.05. The van der Waals surface area contributed by atoms with Crippen LogP contribution < -0.4 is 14.8 Å². The molecule has 1 N–H and O–H groups in total. The largest absolute Gasteiger partial charge is 0.497 e. The van der Waals surface area contributed by atoms with Crippen LogP contribution in [0.4, 0.5) is 5.88 Å². The third-order valence-electron chi connectivity index (χ3n) is 3.36. The SMILES string of the molecule is COc1ccc(C(=O)Nc2cc(-c3cccnc3)no2)c(OC)c1. The molecule has 2 aromatic heterocycles. The minimum Gasteiger partial charge on any atom is -0.497 e. The predicted octanol–water partition coefficient (Wildman–Crippen LogP) is 3.01. The van der Waals surface area contributed by atoms with E-state index in [1.807, 2.05) is 6.07 Å². The summed E-state index contributed by atoms with van der Waals surface area (Å²) in [7, 11) is 3.03. The number of aromatic nitrogens is 2. The molecule has 0 aliphatic heterocycles. The van der Waals surface area contributed by atoms with Gasteiger partial charge in [-0.05, 0) is 24.3 Å². The Morgan fingerprint density at radius 1 is 1.17 bits per heavy atom. The van der Waals surface area contributed by atoms with Crippen molar-refractivity contribution >= 4 is 11.8 Å². The molecule has 0 aliphatic rings. The standard InChI is InChI=1S/C17H15N3O4/c1-22-12-5-6-13(15(8-12)23-2)17(21)19-16-9-14(20-24-16)11-4-3-7-18-10-11/h3-10H,1-2H3,(H,19,21). The molecule has 24 heavy (non-hydrogen) atoms. The van der Waals surface area contributed by atoms with Gasteiger partial charge in [-0.25, -0.2) is 0 Å². The fourth-order valence-corrected chi connectivity index (χ4v) is 2.15. The maximum absolute atomic E-state index is 12.4. The second-order valence-corrected chi connectivity index (χ2v) is 4.84. The Labute approximate surface area is 138 Å². The molecule has 3 aromatic rings. The van der Waals surface area contributed by atoms with Crippen LogP contribution in [0.15, 0.2) is 53.3 Å². The van der Waals surface area contributed by atoms with E-state index in [2.05, 4.69) is 15.5 Å². The summed E-state index contributed by atoms with van der Waals surface area (Å²) in [6.45, 7) is 0. The second kappa shape index (κ2) is 6.82. The van der Waals surface area contributed by atoms with Gasteiger partial charge < -0.3 is 14.0 Å². The molecule has 0 aliphatic carbocycles. The normalized spacial score (nSPS) is 10.2. The van der Waals surface area contributed by atoms with Gasteiger partial charge in [0.25, 0.3) is 5.91 Å². The molecule has 3 rings (SSSR count). The second-order valence-electron chi connectivity index (χ2n) is 4.84. The van der Waals surface area contributed by atoms with Crippen molar-refractivity contribution < 1.29 is 18.8 Å². The number of nitrogens with one attached hydrogen (secondary N) is 1. The smallest absolute Gasteiger partial charge is 0.261 e. The number of pyridine rings is 1. The zero-order valence-corrected chi connectivity index (χ0v) is 13.1. The number of hydrogen-bond donors (Lipinski definition) is 1. The molecule has 1 aromatic carbocycles. The van der Waals surface area contributed by atoms with E-state index in [1.54, 1.807) is 49.8 Å². The van der Waals surface area contributed by atoms with E-state index in [-0.39, 0.29) is 11.8 Å². The lowest BCUT2D eigenvalue weighted by atomic mass is 10.1. The van der Waals surface area contributed by atoms with Gasteiger partial charge in [0.1, 0.15) is 17.2 Å². The molecule has 0 radical (unpaired) electrons. The molecule has 0 unspecified atom stereocenters. The monoisotopic (exact) mass is 325 g/mol. The summed E-state index contributed by atoms with van der Waals surface area (Å²) in [4.78, 5) is 16.4. The lowest BCUT2D eigenvalue weighted by molar-refractivity contribution is 0.102. The zero-order chi connectivity index (χ0) is 16.9. The van der Waals surface area contributed by atoms with Gasteiger partial charge in [0.05, 0.1) is 19.8 Å². The fraction of sp³-hybridized carbons (Fsp3) is 0.118. The Kier molecular flexibility index (Phi) is 4.42. The Hall–Kier alpha value is -3.35. The van der Waals surface area contributed by atoms with Crippen LogP contribution in [0.25, 0.3) is 11.3 Å². The van der Waals surface area contributed by atoms with Crippen molar-refractivity contribution in [3.8, 4) is 22.8 Å². The van der Waals surface area contributed by atoms with Crippen molar-refractivity contribution in [1.29, 1.82) is 0 Å². The predicted molar refractivity (Wildman–Crippen MR) is 87.2 cm³/mol. The number of anilines is 1. The average molecular weight is 325 g/mol. The Balaban J connectivity index is 1.79. The van der Waals surface area contributed by atoms with Crippen LogP contribution in [0, 0.1) is 0 Å². The van der Waals surface area contributed by atoms with Crippen LogP contribution in [0.1, 0.15) is 10.4 Å². The number of carbonyl (C=O) groups excluding carboxylic acids is 1. The first-order valence-electron chi connectivity index (χ1n) is 7.11. The molecule has 7 heteroatoms.